The minimum atomic E-state index is -4.27. The van der Waals surface area contributed by atoms with Gasteiger partial charge in [-0.1, -0.05) is 6.08 Å². The van der Waals surface area contributed by atoms with Crippen LogP contribution in [0.2, 0.25) is 0 Å². The first-order valence-corrected chi connectivity index (χ1v) is 5.39. The predicted octanol–water partition coefficient (Wildman–Crippen LogP) is 2.03. The first-order chi connectivity index (χ1) is 5.43. The molecule has 0 heterocycles. The van der Waals surface area contributed by atoms with E-state index in [2.05, 4.69) is 0 Å². The lowest BCUT2D eigenvalue weighted by atomic mass is 10.1. The summed E-state index contributed by atoms with van der Waals surface area (Å²) in [4.78, 5) is -0.966. The number of alkyl halides is 1. The molecular formula is C6H5ClF2O2S. The Morgan fingerprint density at radius 2 is 2.17 bits per heavy atom. The smallest absolute Gasteiger partial charge is 0.241 e. The van der Waals surface area contributed by atoms with E-state index in [1.165, 1.54) is 6.08 Å². The van der Waals surface area contributed by atoms with Gasteiger partial charge in [0.05, 0.1) is 0 Å². The molecule has 68 valence electrons. The molecule has 0 radical (unpaired) electrons. The molecule has 1 aliphatic rings. The normalized spacial score (nSPS) is 24.8. The fourth-order valence-electron chi connectivity index (χ4n) is 0.899. The monoisotopic (exact) mass is 214 g/mol. The fourth-order valence-corrected chi connectivity index (χ4v) is 2.11. The van der Waals surface area contributed by atoms with Crippen LogP contribution in [0.4, 0.5) is 8.78 Å². The second-order valence-corrected chi connectivity index (χ2v) is 4.79. The van der Waals surface area contributed by atoms with E-state index in [1.54, 1.807) is 0 Å². The van der Waals surface area contributed by atoms with E-state index >= 15 is 0 Å². The van der Waals surface area contributed by atoms with Gasteiger partial charge < -0.3 is 0 Å². The Balaban J connectivity index is 3.23. The van der Waals surface area contributed by atoms with Crippen molar-refractivity contribution < 1.29 is 17.2 Å². The maximum absolute atomic E-state index is 12.8. The lowest BCUT2D eigenvalue weighted by molar-refractivity contribution is 0.383. The van der Waals surface area contributed by atoms with Gasteiger partial charge in [0.15, 0.2) is 0 Å². The molecule has 1 rings (SSSR count). The number of hydrogen-bond donors (Lipinski definition) is 0. The van der Waals surface area contributed by atoms with Crippen LogP contribution in [0, 0.1) is 0 Å². The molecule has 1 aliphatic carbocycles. The largest absolute Gasteiger partial charge is 0.263 e. The predicted molar refractivity (Wildman–Crippen MR) is 41.6 cm³/mol. The Bertz CT molecular complexity index is 345. The summed E-state index contributed by atoms with van der Waals surface area (Å²) in [6.07, 6.45) is 0.0866. The van der Waals surface area contributed by atoms with Crippen LogP contribution in [0.25, 0.3) is 0 Å². The quantitative estimate of drug-likeness (QED) is 0.626. The molecule has 0 saturated heterocycles. The molecule has 0 saturated carbocycles. The van der Waals surface area contributed by atoms with Gasteiger partial charge in [-0.3, -0.25) is 0 Å². The van der Waals surface area contributed by atoms with Gasteiger partial charge in [0.1, 0.15) is 16.9 Å². The minimum absolute atomic E-state index is 0.158. The Morgan fingerprint density at radius 3 is 2.50 bits per heavy atom. The number of allylic oxidation sites excluding steroid dienone is 4. The van der Waals surface area contributed by atoms with Gasteiger partial charge in [-0.2, -0.15) is 0 Å². The summed E-state index contributed by atoms with van der Waals surface area (Å²) in [5.74, 6) is -1.12. The number of rotatable bonds is 1. The summed E-state index contributed by atoms with van der Waals surface area (Å²) in [5, 5.41) is 0. The molecule has 0 N–H and O–H groups in total. The zero-order valence-electron chi connectivity index (χ0n) is 5.80. The highest BCUT2D eigenvalue weighted by Crippen LogP contribution is 2.29. The van der Waals surface area contributed by atoms with Crippen LogP contribution in [0.1, 0.15) is 6.42 Å². The summed E-state index contributed by atoms with van der Waals surface area (Å²) < 4.78 is 46.7. The molecule has 6 heteroatoms. The van der Waals surface area contributed by atoms with Crippen LogP contribution in [0.5, 0.6) is 0 Å². The van der Waals surface area contributed by atoms with Crippen molar-refractivity contribution in [2.24, 2.45) is 0 Å². The molecule has 12 heavy (non-hydrogen) atoms. The molecule has 1 atom stereocenters. The van der Waals surface area contributed by atoms with Crippen molar-refractivity contribution in [3.05, 3.63) is 22.9 Å². The van der Waals surface area contributed by atoms with Crippen LogP contribution >= 0.6 is 10.7 Å². The molecule has 0 aromatic heterocycles. The van der Waals surface area contributed by atoms with Gasteiger partial charge in [-0.05, 0) is 6.08 Å². The highest BCUT2D eigenvalue weighted by atomic mass is 35.7. The van der Waals surface area contributed by atoms with Crippen molar-refractivity contribution in [1.82, 2.24) is 0 Å². The highest BCUT2D eigenvalue weighted by molar-refractivity contribution is 8.16. The molecular weight excluding hydrogens is 210 g/mol. The summed E-state index contributed by atoms with van der Waals surface area (Å²) >= 11 is 0. The molecule has 0 amide bonds. The van der Waals surface area contributed by atoms with Gasteiger partial charge >= 0.3 is 0 Å². The van der Waals surface area contributed by atoms with Crippen molar-refractivity contribution in [2.75, 3.05) is 0 Å². The van der Waals surface area contributed by atoms with Crippen LogP contribution in [-0.2, 0) is 9.05 Å². The Kier molecular flexibility index (Phi) is 2.53. The second kappa shape index (κ2) is 3.14. The molecule has 0 aromatic carbocycles. The zero-order valence-corrected chi connectivity index (χ0v) is 7.37. The molecule has 0 fully saturated rings. The Labute approximate surface area is 72.9 Å². The van der Waals surface area contributed by atoms with Crippen LogP contribution in [-0.4, -0.2) is 14.6 Å². The lowest BCUT2D eigenvalue weighted by Gasteiger charge is -2.11. The summed E-state index contributed by atoms with van der Waals surface area (Å²) in [7, 11) is 0.529. The van der Waals surface area contributed by atoms with Crippen LogP contribution in [0.15, 0.2) is 22.9 Å². The van der Waals surface area contributed by atoms with Crippen molar-refractivity contribution in [3.63, 3.8) is 0 Å². The van der Waals surface area contributed by atoms with Gasteiger partial charge in [0.2, 0.25) is 0 Å². The lowest BCUT2D eigenvalue weighted by Crippen LogP contribution is -2.13. The van der Waals surface area contributed by atoms with Gasteiger partial charge in [-0.15, -0.1) is 0 Å². The number of hydrogen-bond acceptors (Lipinski definition) is 2. The van der Waals surface area contributed by atoms with Crippen molar-refractivity contribution in [3.8, 4) is 0 Å². The van der Waals surface area contributed by atoms with Crippen molar-refractivity contribution in [2.45, 2.75) is 12.6 Å². The maximum atomic E-state index is 12.8. The third kappa shape index (κ3) is 1.84. The van der Waals surface area contributed by atoms with Gasteiger partial charge in [-0.25, -0.2) is 17.2 Å². The SMILES string of the molecule is O=S(=O)(Cl)C1=C(F)C=CCC1F. The minimum Gasteiger partial charge on any atom is -0.241 e. The van der Waals surface area contributed by atoms with Gasteiger partial charge in [0, 0.05) is 17.1 Å². The van der Waals surface area contributed by atoms with E-state index < -0.39 is 26.0 Å². The standard InChI is InChI=1S/C6H5ClF2O2S/c7-12(10,11)6-4(8)2-1-3-5(6)9/h1-2,5H,3H2. The summed E-state index contributed by atoms with van der Waals surface area (Å²) in [6.45, 7) is 0. The van der Waals surface area contributed by atoms with E-state index in [0.717, 1.165) is 6.08 Å². The van der Waals surface area contributed by atoms with Crippen LogP contribution < -0.4 is 0 Å². The molecule has 1 unspecified atom stereocenters. The average molecular weight is 215 g/mol. The topological polar surface area (TPSA) is 34.1 Å². The number of halogens is 3. The van der Waals surface area contributed by atoms with Crippen molar-refractivity contribution in [1.29, 1.82) is 0 Å². The Morgan fingerprint density at radius 1 is 1.58 bits per heavy atom. The van der Waals surface area contributed by atoms with E-state index in [1.807, 2.05) is 0 Å². The molecule has 0 spiro atoms. The first-order valence-electron chi connectivity index (χ1n) is 3.08. The van der Waals surface area contributed by atoms with E-state index in [0.29, 0.717) is 0 Å². The Hall–Kier alpha value is -0.420. The summed E-state index contributed by atoms with van der Waals surface area (Å²) in [6, 6.07) is 0. The average Bonchev–Trinajstić information content (AvgIpc) is 1.82. The third-order valence-electron chi connectivity index (χ3n) is 1.39. The second-order valence-electron chi connectivity index (χ2n) is 2.26. The molecule has 0 aromatic rings. The molecule has 2 nitrogen and oxygen atoms in total. The van der Waals surface area contributed by atoms with Crippen molar-refractivity contribution >= 4 is 19.7 Å². The van der Waals surface area contributed by atoms with E-state index in [4.69, 9.17) is 10.7 Å². The molecule has 0 aliphatic heterocycles. The highest BCUT2D eigenvalue weighted by Gasteiger charge is 2.29. The fraction of sp³-hybridized carbons (Fsp3) is 0.333. The summed E-state index contributed by atoms with van der Waals surface area (Å²) in [5.41, 5.74) is 0. The first kappa shape index (κ1) is 9.67. The zero-order chi connectivity index (χ0) is 9.35. The van der Waals surface area contributed by atoms with Gasteiger partial charge in [0.25, 0.3) is 9.05 Å². The van der Waals surface area contributed by atoms with E-state index in [9.17, 15) is 17.2 Å². The molecule has 0 bridgehead atoms. The maximum Gasteiger partial charge on any atom is 0.263 e. The third-order valence-corrected chi connectivity index (χ3v) is 2.86. The van der Waals surface area contributed by atoms with Crippen LogP contribution in [0.3, 0.4) is 0 Å². The van der Waals surface area contributed by atoms with E-state index in [-0.39, 0.29) is 6.42 Å².